The Morgan fingerprint density at radius 1 is 1.12 bits per heavy atom. The Morgan fingerprint density at radius 2 is 1.84 bits per heavy atom. The van der Waals surface area contributed by atoms with Crippen molar-refractivity contribution in [3.05, 3.63) is 51.6 Å². The Balaban J connectivity index is 1.59. The number of carbonyl (C=O) groups excluding carboxylic acids is 2. The van der Waals surface area contributed by atoms with Crippen molar-refractivity contribution < 1.29 is 19.5 Å². The molecule has 0 unspecified atom stereocenters. The van der Waals surface area contributed by atoms with Crippen LogP contribution < -0.4 is 0 Å². The molecule has 4 rings (SSSR count). The highest BCUT2D eigenvalue weighted by Gasteiger charge is 2.35. The van der Waals surface area contributed by atoms with Gasteiger partial charge >= 0.3 is 5.97 Å². The minimum absolute atomic E-state index is 0.0291. The fourth-order valence-electron chi connectivity index (χ4n) is 3.79. The standard InChI is InChI=1S/C21H20ClN5O4S/c1-11-9-27(12(2)8-26(11)10-13-6-4-3-5-7-13)20(29)15-18(22)24-19-14(23-15)17(32-25-19)16(28)21(30)31/h3-7,11-12H,8-10H2,1-2H3,(H,30,31)/t11-,12+/m0/s1. The smallest absolute Gasteiger partial charge is 0.378 e. The van der Waals surface area contributed by atoms with Crippen LogP contribution in [0.15, 0.2) is 30.3 Å². The van der Waals surface area contributed by atoms with Crippen molar-refractivity contribution in [3.63, 3.8) is 0 Å². The van der Waals surface area contributed by atoms with Gasteiger partial charge in [-0.3, -0.25) is 14.5 Å². The number of nitrogens with zero attached hydrogens (tertiary/aromatic N) is 5. The summed E-state index contributed by atoms with van der Waals surface area (Å²) < 4.78 is 3.94. The van der Waals surface area contributed by atoms with E-state index < -0.39 is 17.7 Å². The predicted octanol–water partition coefficient (Wildman–Crippen LogP) is 2.74. The molecule has 166 valence electrons. The first-order valence-electron chi connectivity index (χ1n) is 9.95. The van der Waals surface area contributed by atoms with Crippen LogP contribution in [-0.4, -0.2) is 72.1 Å². The molecular weight excluding hydrogens is 454 g/mol. The van der Waals surface area contributed by atoms with Crippen LogP contribution in [-0.2, 0) is 11.3 Å². The van der Waals surface area contributed by atoms with Gasteiger partial charge in [0.05, 0.1) is 0 Å². The first-order valence-corrected chi connectivity index (χ1v) is 11.1. The highest BCUT2D eigenvalue weighted by molar-refractivity contribution is 7.10. The van der Waals surface area contributed by atoms with Gasteiger partial charge in [0, 0.05) is 31.7 Å². The molecule has 2 aromatic heterocycles. The summed E-state index contributed by atoms with van der Waals surface area (Å²) in [6, 6.07) is 10.1. The summed E-state index contributed by atoms with van der Waals surface area (Å²) >= 11 is 6.89. The molecule has 11 heteroatoms. The molecule has 0 radical (unpaired) electrons. The topological polar surface area (TPSA) is 117 Å². The Hall–Kier alpha value is -2.95. The van der Waals surface area contributed by atoms with E-state index in [9.17, 15) is 14.4 Å². The average Bonchev–Trinajstić information content (AvgIpc) is 3.17. The van der Waals surface area contributed by atoms with Crippen LogP contribution in [0, 0.1) is 0 Å². The van der Waals surface area contributed by atoms with Crippen molar-refractivity contribution in [2.24, 2.45) is 0 Å². The highest BCUT2D eigenvalue weighted by Crippen LogP contribution is 2.26. The van der Waals surface area contributed by atoms with Gasteiger partial charge in [-0.1, -0.05) is 41.9 Å². The number of carboxylic acids is 1. The fourth-order valence-corrected chi connectivity index (χ4v) is 4.69. The van der Waals surface area contributed by atoms with Crippen molar-refractivity contribution in [1.82, 2.24) is 24.1 Å². The third-order valence-electron chi connectivity index (χ3n) is 5.48. The molecule has 0 bridgehead atoms. The zero-order valence-electron chi connectivity index (χ0n) is 17.4. The van der Waals surface area contributed by atoms with Crippen LogP contribution in [0.5, 0.6) is 0 Å². The first-order chi connectivity index (χ1) is 15.3. The van der Waals surface area contributed by atoms with Gasteiger partial charge in [-0.05, 0) is 30.9 Å². The van der Waals surface area contributed by atoms with Crippen LogP contribution in [0.4, 0.5) is 0 Å². The van der Waals surface area contributed by atoms with Crippen molar-refractivity contribution in [3.8, 4) is 0 Å². The van der Waals surface area contributed by atoms with Crippen molar-refractivity contribution in [1.29, 1.82) is 0 Å². The van der Waals surface area contributed by atoms with Crippen molar-refractivity contribution in [2.45, 2.75) is 32.5 Å². The molecular formula is C21H20ClN5O4S. The molecule has 1 N–H and O–H groups in total. The lowest BCUT2D eigenvalue weighted by atomic mass is 10.1. The highest BCUT2D eigenvalue weighted by atomic mass is 35.5. The quantitative estimate of drug-likeness (QED) is 0.444. The van der Waals surface area contributed by atoms with Crippen molar-refractivity contribution in [2.75, 3.05) is 13.1 Å². The van der Waals surface area contributed by atoms with E-state index in [1.54, 1.807) is 4.90 Å². The molecule has 1 aliphatic rings. The summed E-state index contributed by atoms with van der Waals surface area (Å²) in [5.74, 6) is -3.19. The molecule has 3 aromatic rings. The van der Waals surface area contributed by atoms with Crippen LogP contribution >= 0.6 is 23.1 Å². The van der Waals surface area contributed by atoms with Gasteiger partial charge in [-0.15, -0.1) is 0 Å². The summed E-state index contributed by atoms with van der Waals surface area (Å²) in [6.07, 6.45) is 0. The zero-order valence-corrected chi connectivity index (χ0v) is 18.9. The molecule has 3 heterocycles. The van der Waals surface area contributed by atoms with Gasteiger partial charge in [0.2, 0.25) is 0 Å². The Kier molecular flexibility index (Phi) is 6.18. The van der Waals surface area contributed by atoms with E-state index in [0.29, 0.717) is 24.6 Å². The molecule has 0 aliphatic carbocycles. The number of fused-ring (bicyclic) bond motifs is 1. The number of Topliss-reactive ketones (excluding diaryl/α,β-unsaturated/α-hetero) is 1. The van der Waals surface area contributed by atoms with E-state index >= 15 is 0 Å². The number of aromatic nitrogens is 3. The van der Waals surface area contributed by atoms with Gasteiger partial charge in [0.1, 0.15) is 10.4 Å². The third-order valence-corrected chi connectivity index (χ3v) is 6.57. The van der Waals surface area contributed by atoms with Crippen LogP contribution in [0.2, 0.25) is 5.15 Å². The van der Waals surface area contributed by atoms with Gasteiger partial charge < -0.3 is 10.0 Å². The maximum Gasteiger partial charge on any atom is 0.378 e. The van der Waals surface area contributed by atoms with Crippen molar-refractivity contribution >= 4 is 52.0 Å². The van der Waals surface area contributed by atoms with E-state index in [4.69, 9.17) is 16.7 Å². The Bertz CT molecular complexity index is 1200. The molecule has 32 heavy (non-hydrogen) atoms. The number of carboxylic acid groups (broad SMARTS) is 1. The first kappa shape index (κ1) is 22.3. The lowest BCUT2D eigenvalue weighted by Crippen LogP contribution is -2.57. The largest absolute Gasteiger partial charge is 0.475 e. The van der Waals surface area contributed by atoms with E-state index in [2.05, 4.69) is 38.3 Å². The van der Waals surface area contributed by atoms with Crippen LogP contribution in [0.25, 0.3) is 11.2 Å². The van der Waals surface area contributed by atoms with Gasteiger partial charge in [0.15, 0.2) is 16.5 Å². The number of halogens is 1. The van der Waals surface area contributed by atoms with Gasteiger partial charge in [-0.25, -0.2) is 14.8 Å². The molecule has 1 saturated heterocycles. The monoisotopic (exact) mass is 473 g/mol. The van der Waals surface area contributed by atoms with Crippen LogP contribution in [0.3, 0.4) is 0 Å². The Morgan fingerprint density at radius 3 is 2.53 bits per heavy atom. The van der Waals surface area contributed by atoms with Gasteiger partial charge in [-0.2, -0.15) is 4.37 Å². The number of piperazine rings is 1. The SMILES string of the molecule is C[C@@H]1CN(Cc2ccccc2)[C@@H](C)CN1C(=O)c1nc2c(C(=O)C(=O)O)snc2nc1Cl. The zero-order chi connectivity index (χ0) is 23.0. The summed E-state index contributed by atoms with van der Waals surface area (Å²) in [6.45, 7) is 5.91. The number of rotatable bonds is 5. The molecule has 0 spiro atoms. The lowest BCUT2D eigenvalue weighted by Gasteiger charge is -2.44. The molecule has 1 fully saturated rings. The second-order valence-corrected chi connectivity index (χ2v) is 8.88. The summed E-state index contributed by atoms with van der Waals surface area (Å²) in [7, 11) is 0. The molecule has 1 amide bonds. The van der Waals surface area contributed by atoms with E-state index in [1.807, 2.05) is 25.1 Å². The second kappa shape index (κ2) is 8.89. The number of ketones is 1. The molecule has 1 aromatic carbocycles. The number of amides is 1. The fraction of sp³-hybridized carbons (Fsp3) is 0.333. The Labute approximate surface area is 192 Å². The van der Waals surface area contributed by atoms with Crippen LogP contribution in [0.1, 0.15) is 39.6 Å². The van der Waals surface area contributed by atoms with Gasteiger partial charge in [0.25, 0.3) is 11.7 Å². The van der Waals surface area contributed by atoms with E-state index in [0.717, 1.165) is 6.54 Å². The number of hydrogen-bond donors (Lipinski definition) is 1. The maximum absolute atomic E-state index is 13.3. The summed E-state index contributed by atoms with van der Waals surface area (Å²) in [5.41, 5.74) is 1.09. The van der Waals surface area contributed by atoms with E-state index in [1.165, 1.54) is 5.56 Å². The predicted molar refractivity (Wildman–Crippen MR) is 119 cm³/mol. The minimum Gasteiger partial charge on any atom is -0.475 e. The molecule has 1 aliphatic heterocycles. The number of benzene rings is 1. The summed E-state index contributed by atoms with van der Waals surface area (Å²) in [4.78, 5) is 48.5. The second-order valence-electron chi connectivity index (χ2n) is 7.75. The summed E-state index contributed by atoms with van der Waals surface area (Å²) in [5, 5.41) is 8.89. The number of aliphatic carboxylic acids is 1. The van der Waals surface area contributed by atoms with E-state index in [-0.39, 0.29) is 39.0 Å². The number of carbonyl (C=O) groups is 3. The molecule has 0 saturated carbocycles. The normalized spacial score (nSPS) is 19.3. The molecule has 9 nitrogen and oxygen atoms in total. The maximum atomic E-state index is 13.3. The third kappa shape index (κ3) is 4.21. The molecule has 2 atom stereocenters. The minimum atomic E-state index is -1.63. The lowest BCUT2D eigenvalue weighted by molar-refractivity contribution is -0.131. The average molecular weight is 474 g/mol. The number of hydrogen-bond acceptors (Lipinski definition) is 8.